The number of hydrogen-bond donors (Lipinski definition) is 4. The Morgan fingerprint density at radius 1 is 0.935 bits per heavy atom. The van der Waals surface area contributed by atoms with Crippen molar-refractivity contribution in [1.82, 2.24) is 25.6 Å². The Kier molecular flexibility index (Phi) is 4.62. The van der Waals surface area contributed by atoms with Gasteiger partial charge in [-0.3, -0.25) is 4.79 Å². The smallest absolute Gasteiger partial charge is 0.154 e. The van der Waals surface area contributed by atoms with Crippen molar-refractivity contribution in [3.05, 3.63) is 53.9 Å². The van der Waals surface area contributed by atoms with Gasteiger partial charge in [0, 0.05) is 28.6 Å². The number of ketones is 1. The van der Waals surface area contributed by atoms with Crippen LogP contribution < -0.4 is 10.6 Å². The molecule has 0 unspecified atom stereocenters. The summed E-state index contributed by atoms with van der Waals surface area (Å²) < 4.78 is 0. The standard InChI is InChI=1S/C25H27N5O/c31-24(20-3-1-9-26-20)12-15-5-7-18-17(11-15)14-22(28-18)16-6-8-19-23(13-16)30-25(29-19)21-4-2-10-27-21/h5-8,11,13-14,20-21,26-28H,1-4,9-10,12H2,(H,29,30)/t20-,21-/m0/s1. The molecule has 4 heterocycles. The molecule has 2 aliphatic rings. The number of aromatic nitrogens is 3. The van der Waals surface area contributed by atoms with E-state index in [0.29, 0.717) is 18.2 Å². The van der Waals surface area contributed by atoms with E-state index in [2.05, 4.69) is 63.1 Å². The van der Waals surface area contributed by atoms with Crippen molar-refractivity contribution in [2.75, 3.05) is 13.1 Å². The van der Waals surface area contributed by atoms with Crippen LogP contribution in [0.4, 0.5) is 0 Å². The molecule has 158 valence electrons. The van der Waals surface area contributed by atoms with Crippen LogP contribution in [0.5, 0.6) is 0 Å². The molecule has 4 aromatic rings. The zero-order chi connectivity index (χ0) is 20.8. The van der Waals surface area contributed by atoms with Gasteiger partial charge in [0.15, 0.2) is 5.78 Å². The highest BCUT2D eigenvalue weighted by Gasteiger charge is 2.22. The SMILES string of the molecule is O=C(Cc1ccc2[nH]c(-c3ccc4nc([C@@H]5CCCN5)[nH]c4c3)cc2c1)[C@@H]1CCCN1. The maximum absolute atomic E-state index is 12.5. The Bertz CT molecular complexity index is 1260. The number of carbonyl (C=O) groups excluding carboxylic acids is 1. The van der Waals surface area contributed by atoms with Crippen molar-refractivity contribution in [2.24, 2.45) is 0 Å². The highest BCUT2D eigenvalue weighted by molar-refractivity contribution is 5.91. The Balaban J connectivity index is 1.27. The van der Waals surface area contributed by atoms with E-state index in [0.717, 1.165) is 76.9 Å². The third-order valence-electron chi connectivity index (χ3n) is 6.71. The molecule has 2 aromatic heterocycles. The second-order valence-corrected chi connectivity index (χ2v) is 8.90. The topological polar surface area (TPSA) is 85.6 Å². The largest absolute Gasteiger partial charge is 0.355 e. The van der Waals surface area contributed by atoms with E-state index in [4.69, 9.17) is 4.98 Å². The van der Waals surface area contributed by atoms with Crippen molar-refractivity contribution in [3.63, 3.8) is 0 Å². The van der Waals surface area contributed by atoms with Crippen LogP contribution in [0.2, 0.25) is 0 Å². The van der Waals surface area contributed by atoms with Crippen LogP contribution in [-0.2, 0) is 11.2 Å². The van der Waals surface area contributed by atoms with Gasteiger partial charge in [-0.05, 0) is 74.7 Å². The first-order chi connectivity index (χ1) is 15.2. The molecular weight excluding hydrogens is 386 g/mol. The molecule has 6 rings (SSSR count). The number of aromatic amines is 2. The zero-order valence-corrected chi connectivity index (χ0v) is 17.5. The van der Waals surface area contributed by atoms with E-state index in [-0.39, 0.29) is 6.04 Å². The van der Waals surface area contributed by atoms with Gasteiger partial charge in [-0.25, -0.2) is 4.98 Å². The average Bonchev–Trinajstić information content (AvgIpc) is 3.58. The van der Waals surface area contributed by atoms with Crippen molar-refractivity contribution < 1.29 is 4.79 Å². The Morgan fingerprint density at radius 3 is 2.68 bits per heavy atom. The summed E-state index contributed by atoms with van der Waals surface area (Å²) in [5, 5.41) is 7.95. The summed E-state index contributed by atoms with van der Waals surface area (Å²) >= 11 is 0. The second-order valence-electron chi connectivity index (χ2n) is 8.90. The van der Waals surface area contributed by atoms with Crippen LogP contribution in [0.25, 0.3) is 33.2 Å². The molecular formula is C25H27N5O. The number of Topliss-reactive ketones (excluding diaryl/α,β-unsaturated/α-hetero) is 1. The number of nitrogens with zero attached hydrogens (tertiary/aromatic N) is 1. The van der Waals surface area contributed by atoms with Gasteiger partial charge in [-0.2, -0.15) is 0 Å². The highest BCUT2D eigenvalue weighted by Crippen LogP contribution is 2.29. The van der Waals surface area contributed by atoms with Gasteiger partial charge < -0.3 is 20.6 Å². The van der Waals surface area contributed by atoms with Gasteiger partial charge in [-0.1, -0.05) is 12.1 Å². The third-order valence-corrected chi connectivity index (χ3v) is 6.71. The lowest BCUT2D eigenvalue weighted by Gasteiger charge is -2.08. The molecule has 0 aliphatic carbocycles. The molecule has 6 heteroatoms. The summed E-state index contributed by atoms with van der Waals surface area (Å²) in [4.78, 5) is 24.3. The van der Waals surface area contributed by atoms with Crippen LogP contribution in [0.1, 0.15) is 43.1 Å². The van der Waals surface area contributed by atoms with E-state index in [1.165, 1.54) is 6.42 Å². The van der Waals surface area contributed by atoms with Crippen molar-refractivity contribution in [3.8, 4) is 11.3 Å². The molecule has 0 spiro atoms. The molecule has 2 saturated heterocycles. The summed E-state index contributed by atoms with van der Waals surface area (Å²) in [7, 11) is 0. The van der Waals surface area contributed by atoms with Gasteiger partial charge in [0.05, 0.1) is 23.1 Å². The number of carbonyl (C=O) groups is 1. The average molecular weight is 414 g/mol. The van der Waals surface area contributed by atoms with Gasteiger partial charge in [0.1, 0.15) is 5.82 Å². The van der Waals surface area contributed by atoms with Gasteiger partial charge in [-0.15, -0.1) is 0 Å². The number of nitrogens with one attached hydrogen (secondary N) is 4. The minimum absolute atomic E-state index is 0.0305. The minimum Gasteiger partial charge on any atom is -0.355 e. The molecule has 0 saturated carbocycles. The predicted octanol–water partition coefficient (Wildman–Crippen LogP) is 4.00. The van der Waals surface area contributed by atoms with E-state index >= 15 is 0 Å². The summed E-state index contributed by atoms with van der Waals surface area (Å²) in [5.41, 5.74) is 6.44. The Hall–Kier alpha value is -2.96. The monoisotopic (exact) mass is 413 g/mol. The van der Waals surface area contributed by atoms with Crippen molar-refractivity contribution in [2.45, 2.75) is 44.2 Å². The van der Waals surface area contributed by atoms with Gasteiger partial charge >= 0.3 is 0 Å². The predicted molar refractivity (Wildman–Crippen MR) is 123 cm³/mol. The fourth-order valence-corrected chi connectivity index (χ4v) is 5.01. The second kappa shape index (κ2) is 7.62. The highest BCUT2D eigenvalue weighted by atomic mass is 16.1. The summed E-state index contributed by atoms with van der Waals surface area (Å²) in [5.74, 6) is 1.33. The summed E-state index contributed by atoms with van der Waals surface area (Å²) in [6.07, 6.45) is 4.88. The molecule has 4 N–H and O–H groups in total. The lowest BCUT2D eigenvalue weighted by Crippen LogP contribution is -2.31. The molecule has 31 heavy (non-hydrogen) atoms. The fourth-order valence-electron chi connectivity index (χ4n) is 5.01. The molecule has 0 amide bonds. The molecule has 0 bridgehead atoms. The van der Waals surface area contributed by atoms with E-state index in [1.54, 1.807) is 0 Å². The molecule has 2 fully saturated rings. The number of fused-ring (bicyclic) bond motifs is 2. The molecule has 2 aliphatic heterocycles. The maximum atomic E-state index is 12.5. The van der Waals surface area contributed by atoms with Gasteiger partial charge in [0.25, 0.3) is 0 Å². The van der Waals surface area contributed by atoms with Gasteiger partial charge in [0.2, 0.25) is 0 Å². The number of imidazole rings is 1. The van der Waals surface area contributed by atoms with Crippen LogP contribution in [0.15, 0.2) is 42.5 Å². The minimum atomic E-state index is 0.0305. The first-order valence-electron chi connectivity index (χ1n) is 11.3. The van der Waals surface area contributed by atoms with E-state index < -0.39 is 0 Å². The Morgan fingerprint density at radius 2 is 1.84 bits per heavy atom. The van der Waals surface area contributed by atoms with Crippen LogP contribution >= 0.6 is 0 Å². The van der Waals surface area contributed by atoms with Crippen molar-refractivity contribution in [1.29, 1.82) is 0 Å². The summed E-state index contributed by atoms with van der Waals surface area (Å²) in [6.45, 7) is 2.02. The fraction of sp³-hybridized carbons (Fsp3) is 0.360. The molecule has 2 aromatic carbocycles. The van der Waals surface area contributed by atoms with Crippen LogP contribution in [0.3, 0.4) is 0 Å². The third kappa shape index (κ3) is 3.56. The quantitative estimate of drug-likeness (QED) is 0.398. The number of H-pyrrole nitrogens is 2. The first-order valence-corrected chi connectivity index (χ1v) is 11.3. The number of rotatable bonds is 5. The number of hydrogen-bond acceptors (Lipinski definition) is 4. The van der Waals surface area contributed by atoms with E-state index in [9.17, 15) is 4.79 Å². The van der Waals surface area contributed by atoms with Crippen LogP contribution in [-0.4, -0.2) is 39.9 Å². The first kappa shape index (κ1) is 18.8. The normalized spacial score (nSPS) is 21.4. The molecule has 6 nitrogen and oxygen atoms in total. The maximum Gasteiger partial charge on any atom is 0.154 e. The van der Waals surface area contributed by atoms with E-state index in [1.807, 2.05) is 0 Å². The molecule has 2 atom stereocenters. The zero-order valence-electron chi connectivity index (χ0n) is 17.5. The lowest BCUT2D eigenvalue weighted by molar-refractivity contribution is -0.120. The Labute approximate surface area is 180 Å². The lowest BCUT2D eigenvalue weighted by atomic mass is 10.0. The van der Waals surface area contributed by atoms with Crippen molar-refractivity contribution >= 4 is 27.7 Å². The van der Waals surface area contributed by atoms with Crippen LogP contribution in [0, 0.1) is 0 Å². The summed E-state index contributed by atoms with van der Waals surface area (Å²) in [6, 6.07) is 15.2. The molecule has 0 radical (unpaired) electrons. The number of benzene rings is 2.